The Labute approximate surface area is 121 Å². The summed E-state index contributed by atoms with van der Waals surface area (Å²) in [7, 11) is 0. The van der Waals surface area contributed by atoms with Crippen LogP contribution in [0.4, 0.5) is 0 Å². The van der Waals surface area contributed by atoms with Gasteiger partial charge >= 0.3 is 0 Å². The lowest BCUT2D eigenvalue weighted by atomic mass is 9.96. The van der Waals surface area contributed by atoms with Crippen molar-refractivity contribution >= 4 is 11.7 Å². The Morgan fingerprint density at radius 3 is 2.95 bits per heavy atom. The van der Waals surface area contributed by atoms with Crippen molar-refractivity contribution in [3.05, 3.63) is 53.2 Å². The number of fused-ring (bicyclic) bond motifs is 2. The van der Waals surface area contributed by atoms with Crippen LogP contribution in [0.5, 0.6) is 11.6 Å². The van der Waals surface area contributed by atoms with Crippen LogP contribution < -0.4 is 10.5 Å². The number of carbonyl (C=O) groups is 2. The maximum atomic E-state index is 12.3. The van der Waals surface area contributed by atoms with E-state index in [0.717, 1.165) is 5.56 Å². The van der Waals surface area contributed by atoms with Gasteiger partial charge in [-0.25, -0.2) is 4.98 Å². The zero-order valence-corrected chi connectivity index (χ0v) is 11.5. The molecular formula is C16H14N2O3. The molecule has 2 heterocycles. The summed E-state index contributed by atoms with van der Waals surface area (Å²) in [5, 5.41) is 0. The van der Waals surface area contributed by atoms with Gasteiger partial charge in [0.15, 0.2) is 5.78 Å². The maximum Gasteiger partial charge on any atom is 0.224 e. The average molecular weight is 282 g/mol. The number of hydrogen-bond donors (Lipinski definition) is 1. The van der Waals surface area contributed by atoms with Crippen molar-refractivity contribution in [2.24, 2.45) is 5.73 Å². The van der Waals surface area contributed by atoms with Crippen LogP contribution >= 0.6 is 0 Å². The second-order valence-corrected chi connectivity index (χ2v) is 5.05. The molecule has 2 aromatic rings. The first-order valence-corrected chi connectivity index (χ1v) is 6.64. The van der Waals surface area contributed by atoms with Gasteiger partial charge in [-0.3, -0.25) is 9.59 Å². The summed E-state index contributed by atoms with van der Waals surface area (Å²) in [6.07, 6.45) is 1.87. The fraction of sp³-hybridized carbons (Fsp3) is 0.188. The van der Waals surface area contributed by atoms with Gasteiger partial charge in [0.2, 0.25) is 11.8 Å². The third-order valence-corrected chi connectivity index (χ3v) is 3.64. The van der Waals surface area contributed by atoms with Gasteiger partial charge in [0.25, 0.3) is 0 Å². The molecule has 0 fully saturated rings. The second-order valence-electron chi connectivity index (χ2n) is 5.05. The van der Waals surface area contributed by atoms with Crippen molar-refractivity contribution in [1.82, 2.24) is 4.98 Å². The van der Waals surface area contributed by atoms with Crippen molar-refractivity contribution in [1.29, 1.82) is 0 Å². The zero-order chi connectivity index (χ0) is 15.0. The molecule has 1 aromatic heterocycles. The highest BCUT2D eigenvalue weighted by Crippen LogP contribution is 2.34. The topological polar surface area (TPSA) is 82.3 Å². The molecule has 1 amide bonds. The maximum absolute atomic E-state index is 12.3. The molecule has 3 rings (SSSR count). The first kappa shape index (κ1) is 13.3. The number of aromatic nitrogens is 1. The third kappa shape index (κ3) is 2.38. The van der Waals surface area contributed by atoms with E-state index >= 15 is 0 Å². The molecule has 0 spiro atoms. The smallest absolute Gasteiger partial charge is 0.224 e. The second kappa shape index (κ2) is 5.01. The number of primary amides is 1. The first-order chi connectivity index (χ1) is 10.1. The van der Waals surface area contributed by atoms with E-state index < -0.39 is 11.8 Å². The van der Waals surface area contributed by atoms with E-state index in [0.29, 0.717) is 22.8 Å². The molecule has 0 saturated carbocycles. The summed E-state index contributed by atoms with van der Waals surface area (Å²) in [5.74, 6) is -0.0552. The summed E-state index contributed by atoms with van der Waals surface area (Å²) in [6.45, 7) is 1.72. The molecule has 5 heteroatoms. The molecule has 1 unspecified atom stereocenters. The summed E-state index contributed by atoms with van der Waals surface area (Å²) in [6, 6.07) is 8.69. The molecule has 0 radical (unpaired) electrons. The van der Waals surface area contributed by atoms with Gasteiger partial charge in [0.1, 0.15) is 5.75 Å². The lowest BCUT2D eigenvalue weighted by Gasteiger charge is -2.12. The number of ether oxygens (including phenoxy) is 1. The average Bonchev–Trinajstić information content (AvgIpc) is 2.61. The Kier molecular flexibility index (Phi) is 3.17. The number of carbonyl (C=O) groups excluding carboxylic acids is 2. The molecule has 5 nitrogen and oxygen atoms in total. The Balaban J connectivity index is 2.08. The number of pyridine rings is 1. The van der Waals surface area contributed by atoms with Crippen molar-refractivity contribution < 1.29 is 14.3 Å². The molecule has 1 aliphatic heterocycles. The van der Waals surface area contributed by atoms with Crippen LogP contribution in [-0.2, 0) is 11.2 Å². The summed E-state index contributed by atoms with van der Waals surface area (Å²) < 4.78 is 5.76. The quantitative estimate of drug-likeness (QED) is 0.915. The van der Waals surface area contributed by atoms with E-state index in [1.165, 1.54) is 0 Å². The Morgan fingerprint density at radius 1 is 1.38 bits per heavy atom. The number of nitrogens with zero attached hydrogens (tertiary/aromatic N) is 1. The van der Waals surface area contributed by atoms with E-state index in [1.54, 1.807) is 37.4 Å². The van der Waals surface area contributed by atoms with Gasteiger partial charge in [-0.05, 0) is 30.7 Å². The lowest BCUT2D eigenvalue weighted by Crippen LogP contribution is -2.18. The van der Waals surface area contributed by atoms with Crippen molar-refractivity contribution in [2.75, 3.05) is 0 Å². The minimum Gasteiger partial charge on any atom is -0.438 e. The fourth-order valence-electron chi connectivity index (χ4n) is 2.31. The highest BCUT2D eigenvalue weighted by molar-refractivity contribution is 6.01. The van der Waals surface area contributed by atoms with Crippen LogP contribution in [0.15, 0.2) is 36.5 Å². The minimum atomic E-state index is -0.444. The highest BCUT2D eigenvalue weighted by atomic mass is 16.5. The van der Waals surface area contributed by atoms with Gasteiger partial charge in [-0.15, -0.1) is 0 Å². The number of Topliss-reactive ketones (excluding diaryl/α,β-unsaturated/α-hetero) is 1. The van der Waals surface area contributed by atoms with Crippen LogP contribution in [-0.4, -0.2) is 16.7 Å². The van der Waals surface area contributed by atoms with Gasteiger partial charge in [0.05, 0.1) is 11.5 Å². The van der Waals surface area contributed by atoms with Crippen LogP contribution in [0, 0.1) is 0 Å². The summed E-state index contributed by atoms with van der Waals surface area (Å²) >= 11 is 0. The van der Waals surface area contributed by atoms with E-state index in [-0.39, 0.29) is 12.2 Å². The molecule has 1 aromatic carbocycles. The van der Waals surface area contributed by atoms with Gasteiger partial charge in [-0.1, -0.05) is 12.1 Å². The van der Waals surface area contributed by atoms with Crippen LogP contribution in [0.3, 0.4) is 0 Å². The molecule has 2 N–H and O–H groups in total. The zero-order valence-electron chi connectivity index (χ0n) is 11.5. The highest BCUT2D eigenvalue weighted by Gasteiger charge is 2.23. The number of rotatable bonds is 2. The number of hydrogen-bond acceptors (Lipinski definition) is 4. The SMILES string of the molecule is CC(C(N)=O)c1ccc2c(c1)Oc1ncccc1CC2=O. The number of benzene rings is 1. The number of ketones is 1. The van der Waals surface area contributed by atoms with Crippen molar-refractivity contribution in [3.63, 3.8) is 0 Å². The van der Waals surface area contributed by atoms with E-state index in [9.17, 15) is 9.59 Å². The Morgan fingerprint density at radius 2 is 2.19 bits per heavy atom. The summed E-state index contributed by atoms with van der Waals surface area (Å²) in [5.41, 5.74) is 7.28. The lowest BCUT2D eigenvalue weighted by molar-refractivity contribution is -0.119. The molecule has 21 heavy (non-hydrogen) atoms. The monoisotopic (exact) mass is 282 g/mol. The largest absolute Gasteiger partial charge is 0.438 e. The van der Waals surface area contributed by atoms with Gasteiger partial charge in [-0.2, -0.15) is 0 Å². The molecule has 1 aliphatic rings. The fourth-order valence-corrected chi connectivity index (χ4v) is 2.31. The van der Waals surface area contributed by atoms with Crippen LogP contribution in [0.25, 0.3) is 0 Å². The molecule has 1 atom stereocenters. The van der Waals surface area contributed by atoms with Crippen LogP contribution in [0.1, 0.15) is 34.3 Å². The van der Waals surface area contributed by atoms with Crippen molar-refractivity contribution in [2.45, 2.75) is 19.3 Å². The third-order valence-electron chi connectivity index (χ3n) is 3.64. The molecule has 0 bridgehead atoms. The molecule has 0 saturated heterocycles. The summed E-state index contributed by atoms with van der Waals surface area (Å²) in [4.78, 5) is 27.7. The Bertz CT molecular complexity index is 740. The molecular weight excluding hydrogens is 268 g/mol. The van der Waals surface area contributed by atoms with E-state index in [2.05, 4.69) is 4.98 Å². The standard InChI is InChI=1S/C16H14N2O3/c1-9(15(17)20)10-4-5-12-13(19)7-11-3-2-6-18-16(11)21-14(12)8-10/h2-6,8-9H,7H2,1H3,(H2,17,20). The number of nitrogens with two attached hydrogens (primary N) is 1. The van der Waals surface area contributed by atoms with Gasteiger partial charge < -0.3 is 10.5 Å². The normalized spacial score (nSPS) is 14.4. The van der Waals surface area contributed by atoms with E-state index in [4.69, 9.17) is 10.5 Å². The minimum absolute atomic E-state index is 0.0324. The first-order valence-electron chi connectivity index (χ1n) is 6.64. The van der Waals surface area contributed by atoms with E-state index in [1.807, 2.05) is 6.07 Å². The molecule has 106 valence electrons. The predicted octanol–water partition coefficient (Wildman–Crippen LogP) is 2.20. The van der Waals surface area contributed by atoms with Crippen molar-refractivity contribution in [3.8, 4) is 11.6 Å². The molecule has 0 aliphatic carbocycles. The Hall–Kier alpha value is -2.69. The van der Waals surface area contributed by atoms with Gasteiger partial charge in [0, 0.05) is 18.2 Å². The van der Waals surface area contributed by atoms with Crippen LogP contribution in [0.2, 0.25) is 0 Å². The number of amides is 1. The predicted molar refractivity (Wildman–Crippen MR) is 76.4 cm³/mol.